The highest BCUT2D eigenvalue weighted by Gasteiger charge is 2.07. The van der Waals surface area contributed by atoms with E-state index in [1.165, 1.54) is 11.1 Å². The van der Waals surface area contributed by atoms with E-state index >= 15 is 0 Å². The van der Waals surface area contributed by atoms with Gasteiger partial charge in [0.25, 0.3) is 6.33 Å². The van der Waals surface area contributed by atoms with E-state index in [-0.39, 0.29) is 17.0 Å². The molecule has 3 rings (SSSR count). The van der Waals surface area contributed by atoms with Gasteiger partial charge in [0.05, 0.1) is 6.54 Å². The highest BCUT2D eigenvalue weighted by molar-refractivity contribution is 9.10. The Kier molecular flexibility index (Phi) is 5.70. The minimum atomic E-state index is 0. The minimum absolute atomic E-state index is 0. The molecule has 0 spiro atoms. The third-order valence-electron chi connectivity index (χ3n) is 3.10. The second kappa shape index (κ2) is 7.52. The average molecular weight is 409 g/mol. The van der Waals surface area contributed by atoms with Crippen molar-refractivity contribution in [2.24, 2.45) is 0 Å². The minimum Gasteiger partial charge on any atom is -1.00 e. The van der Waals surface area contributed by atoms with Crippen molar-refractivity contribution in [2.75, 3.05) is 0 Å². The van der Waals surface area contributed by atoms with Crippen molar-refractivity contribution in [1.29, 1.82) is 0 Å². The summed E-state index contributed by atoms with van der Waals surface area (Å²) in [6, 6.07) is 18.7. The van der Waals surface area contributed by atoms with Gasteiger partial charge in [-0.05, 0) is 23.3 Å². The van der Waals surface area contributed by atoms with Gasteiger partial charge in [0, 0.05) is 9.57 Å². The SMILES string of the molecule is Brc1ccc(C[n+]2cnn(Cc3ccccc3)c2)cc1.[Br-]. The fraction of sp³-hybridized carbons (Fsp3) is 0.125. The van der Waals surface area contributed by atoms with Crippen LogP contribution in [0.4, 0.5) is 0 Å². The van der Waals surface area contributed by atoms with Gasteiger partial charge in [0.15, 0.2) is 0 Å². The Bertz CT molecular complexity index is 678. The Morgan fingerprint density at radius 3 is 2.38 bits per heavy atom. The second-order valence-electron chi connectivity index (χ2n) is 4.73. The highest BCUT2D eigenvalue weighted by Crippen LogP contribution is 2.10. The summed E-state index contributed by atoms with van der Waals surface area (Å²) in [4.78, 5) is 0. The molecule has 1 heterocycles. The smallest absolute Gasteiger partial charge is 0.265 e. The van der Waals surface area contributed by atoms with E-state index in [1.54, 1.807) is 0 Å². The molecule has 0 amide bonds. The number of nitrogens with zero attached hydrogens (tertiary/aromatic N) is 3. The molecule has 3 nitrogen and oxygen atoms in total. The van der Waals surface area contributed by atoms with E-state index < -0.39 is 0 Å². The van der Waals surface area contributed by atoms with Crippen LogP contribution in [0.25, 0.3) is 0 Å². The van der Waals surface area contributed by atoms with Crippen LogP contribution in [0.2, 0.25) is 0 Å². The van der Waals surface area contributed by atoms with Gasteiger partial charge in [-0.15, -0.1) is 4.68 Å². The fourth-order valence-corrected chi connectivity index (χ4v) is 2.36. The molecule has 0 unspecified atom stereocenters. The maximum atomic E-state index is 4.40. The van der Waals surface area contributed by atoms with Crippen LogP contribution in [-0.4, -0.2) is 9.78 Å². The maximum absolute atomic E-state index is 4.40. The predicted molar refractivity (Wildman–Crippen MR) is 81.2 cm³/mol. The number of benzene rings is 2. The molecular formula is C16H15Br2N3. The molecule has 0 aliphatic carbocycles. The van der Waals surface area contributed by atoms with E-state index in [0.717, 1.165) is 17.6 Å². The average Bonchev–Trinajstić information content (AvgIpc) is 2.90. The topological polar surface area (TPSA) is 21.7 Å². The van der Waals surface area contributed by atoms with Crippen molar-refractivity contribution >= 4 is 15.9 Å². The quantitative estimate of drug-likeness (QED) is 0.558. The van der Waals surface area contributed by atoms with Gasteiger partial charge in [-0.2, -0.15) is 0 Å². The summed E-state index contributed by atoms with van der Waals surface area (Å²) in [5.41, 5.74) is 2.52. The molecule has 21 heavy (non-hydrogen) atoms. The number of halogens is 2. The van der Waals surface area contributed by atoms with E-state index in [0.29, 0.717) is 0 Å². The Morgan fingerprint density at radius 1 is 0.952 bits per heavy atom. The Morgan fingerprint density at radius 2 is 1.67 bits per heavy atom. The molecule has 0 saturated heterocycles. The summed E-state index contributed by atoms with van der Waals surface area (Å²) >= 11 is 3.45. The third-order valence-corrected chi connectivity index (χ3v) is 3.62. The first-order chi connectivity index (χ1) is 9.79. The van der Waals surface area contributed by atoms with Crippen LogP contribution in [0.1, 0.15) is 11.1 Å². The van der Waals surface area contributed by atoms with Crippen LogP contribution < -0.4 is 21.5 Å². The summed E-state index contributed by atoms with van der Waals surface area (Å²) in [5, 5.41) is 4.40. The van der Waals surface area contributed by atoms with Crippen LogP contribution in [0.5, 0.6) is 0 Å². The second-order valence-corrected chi connectivity index (χ2v) is 5.64. The van der Waals surface area contributed by atoms with Crippen molar-refractivity contribution in [3.63, 3.8) is 0 Å². The highest BCUT2D eigenvalue weighted by atomic mass is 79.9. The predicted octanol–water partition coefficient (Wildman–Crippen LogP) is 0.0337. The monoisotopic (exact) mass is 407 g/mol. The molecule has 0 aliphatic rings. The van der Waals surface area contributed by atoms with Crippen molar-refractivity contribution in [3.8, 4) is 0 Å². The van der Waals surface area contributed by atoms with Crippen molar-refractivity contribution < 1.29 is 21.5 Å². The van der Waals surface area contributed by atoms with Gasteiger partial charge in [-0.25, -0.2) is 4.57 Å². The zero-order valence-corrected chi connectivity index (χ0v) is 14.5. The maximum Gasteiger partial charge on any atom is 0.265 e. The molecule has 0 fully saturated rings. The normalized spacial score (nSPS) is 10.1. The van der Waals surface area contributed by atoms with Crippen molar-refractivity contribution in [3.05, 3.63) is 82.9 Å². The van der Waals surface area contributed by atoms with Crippen LogP contribution >= 0.6 is 15.9 Å². The lowest BCUT2D eigenvalue weighted by Gasteiger charge is -1.98. The molecule has 3 aromatic rings. The van der Waals surface area contributed by atoms with E-state index in [9.17, 15) is 0 Å². The Balaban J connectivity index is 0.00000161. The Labute approximate surface area is 143 Å². The third kappa shape index (κ3) is 4.51. The molecule has 1 aromatic heterocycles. The lowest BCUT2D eigenvalue weighted by atomic mass is 10.2. The van der Waals surface area contributed by atoms with Gasteiger partial charge in [-0.3, -0.25) is 0 Å². The van der Waals surface area contributed by atoms with Crippen molar-refractivity contribution in [1.82, 2.24) is 9.78 Å². The number of hydrogen-bond donors (Lipinski definition) is 0. The van der Waals surface area contributed by atoms with E-state index in [2.05, 4.69) is 74.1 Å². The number of hydrogen-bond acceptors (Lipinski definition) is 1. The molecule has 0 N–H and O–H groups in total. The summed E-state index contributed by atoms with van der Waals surface area (Å²) in [5.74, 6) is 0. The van der Waals surface area contributed by atoms with Crippen molar-refractivity contribution in [2.45, 2.75) is 13.1 Å². The molecule has 0 radical (unpaired) electrons. The lowest BCUT2D eigenvalue weighted by Crippen LogP contribution is -3.00. The summed E-state index contributed by atoms with van der Waals surface area (Å²) in [6.45, 7) is 1.64. The molecule has 5 heteroatoms. The van der Waals surface area contributed by atoms with Crippen LogP contribution in [0.15, 0.2) is 71.7 Å². The molecule has 108 valence electrons. The lowest BCUT2D eigenvalue weighted by molar-refractivity contribution is -0.689. The molecule has 0 bridgehead atoms. The van der Waals surface area contributed by atoms with Gasteiger partial charge in [0.2, 0.25) is 6.33 Å². The van der Waals surface area contributed by atoms with Gasteiger partial charge < -0.3 is 17.0 Å². The van der Waals surface area contributed by atoms with Crippen LogP contribution in [-0.2, 0) is 13.1 Å². The summed E-state index contributed by atoms with van der Waals surface area (Å²) in [6.07, 6.45) is 3.90. The first-order valence-electron chi connectivity index (χ1n) is 6.49. The standard InChI is InChI=1S/C16H15BrN3.BrH/c17-16-8-6-15(7-9-16)10-19-12-18-20(13-19)11-14-4-2-1-3-5-14;/h1-9,12-13H,10-11H2;1H/q+1;/p-1. The van der Waals surface area contributed by atoms with Crippen LogP contribution in [0.3, 0.4) is 0 Å². The first kappa shape index (κ1) is 15.9. The van der Waals surface area contributed by atoms with Crippen LogP contribution in [0, 0.1) is 0 Å². The largest absolute Gasteiger partial charge is 1.00 e. The number of aromatic nitrogens is 3. The van der Waals surface area contributed by atoms with E-state index in [1.807, 2.05) is 23.4 Å². The first-order valence-corrected chi connectivity index (χ1v) is 7.29. The zero-order chi connectivity index (χ0) is 13.8. The zero-order valence-electron chi connectivity index (χ0n) is 11.4. The van der Waals surface area contributed by atoms with Gasteiger partial charge >= 0.3 is 0 Å². The Hall–Kier alpha value is -1.46. The van der Waals surface area contributed by atoms with Gasteiger partial charge in [-0.1, -0.05) is 58.4 Å². The molecular weight excluding hydrogens is 394 g/mol. The molecule has 0 aliphatic heterocycles. The van der Waals surface area contributed by atoms with Gasteiger partial charge in [0.1, 0.15) is 6.54 Å². The summed E-state index contributed by atoms with van der Waals surface area (Å²) in [7, 11) is 0. The van der Waals surface area contributed by atoms with E-state index in [4.69, 9.17) is 0 Å². The fourth-order valence-electron chi connectivity index (χ4n) is 2.10. The summed E-state index contributed by atoms with van der Waals surface area (Å²) < 4.78 is 5.14. The number of rotatable bonds is 4. The molecule has 0 atom stereocenters. The molecule has 0 saturated carbocycles. The molecule has 2 aromatic carbocycles.